The summed E-state index contributed by atoms with van der Waals surface area (Å²) in [7, 11) is 0. The highest BCUT2D eigenvalue weighted by molar-refractivity contribution is 5.93. The van der Waals surface area contributed by atoms with E-state index in [0.717, 1.165) is 12.2 Å². The second-order valence-electron chi connectivity index (χ2n) is 6.57. The second kappa shape index (κ2) is 6.86. The average molecular weight is 316 g/mol. The van der Waals surface area contributed by atoms with Gasteiger partial charge in [0.15, 0.2) is 11.9 Å². The molecule has 0 saturated carbocycles. The first-order valence-corrected chi connectivity index (χ1v) is 7.83. The van der Waals surface area contributed by atoms with Crippen LogP contribution in [0.3, 0.4) is 0 Å². The summed E-state index contributed by atoms with van der Waals surface area (Å²) in [6.07, 6.45) is 0.343. The van der Waals surface area contributed by atoms with E-state index in [9.17, 15) is 4.79 Å². The van der Waals surface area contributed by atoms with Crippen LogP contribution in [0.5, 0.6) is 5.75 Å². The van der Waals surface area contributed by atoms with Crippen molar-refractivity contribution >= 4 is 11.7 Å². The van der Waals surface area contributed by atoms with E-state index in [-0.39, 0.29) is 11.3 Å². The van der Waals surface area contributed by atoms with E-state index in [2.05, 4.69) is 17.4 Å². The zero-order chi connectivity index (χ0) is 17.0. The topological polar surface area (TPSA) is 64.4 Å². The van der Waals surface area contributed by atoms with Crippen molar-refractivity contribution in [1.29, 1.82) is 0 Å². The number of benzene rings is 1. The zero-order valence-electron chi connectivity index (χ0n) is 14.3. The number of anilines is 1. The Kier molecular flexibility index (Phi) is 5.08. The Labute approximate surface area is 137 Å². The van der Waals surface area contributed by atoms with E-state index in [1.54, 1.807) is 13.0 Å². The monoisotopic (exact) mass is 316 g/mol. The number of aromatic nitrogens is 1. The van der Waals surface area contributed by atoms with E-state index in [0.29, 0.717) is 11.6 Å². The van der Waals surface area contributed by atoms with E-state index in [4.69, 9.17) is 9.26 Å². The minimum Gasteiger partial charge on any atom is -0.481 e. The van der Waals surface area contributed by atoms with Crippen LogP contribution in [0.2, 0.25) is 0 Å². The number of carbonyl (C=O) groups is 1. The van der Waals surface area contributed by atoms with Crippen LogP contribution in [-0.4, -0.2) is 17.2 Å². The first kappa shape index (κ1) is 17.1. The fourth-order valence-corrected chi connectivity index (χ4v) is 1.98. The summed E-state index contributed by atoms with van der Waals surface area (Å²) in [5.41, 5.74) is 1.07. The van der Waals surface area contributed by atoms with Gasteiger partial charge in [-0.05, 0) is 31.0 Å². The fourth-order valence-electron chi connectivity index (χ4n) is 1.98. The number of rotatable bonds is 5. The minimum absolute atomic E-state index is 0.154. The molecular formula is C18H24N2O3. The predicted octanol–water partition coefficient (Wildman–Crippen LogP) is 3.94. The molecule has 2 aromatic rings. The zero-order valence-corrected chi connectivity index (χ0v) is 14.3. The quantitative estimate of drug-likeness (QED) is 0.907. The molecule has 124 valence electrons. The van der Waals surface area contributed by atoms with Gasteiger partial charge in [-0.2, -0.15) is 0 Å². The van der Waals surface area contributed by atoms with Crippen LogP contribution >= 0.6 is 0 Å². The van der Waals surface area contributed by atoms with Gasteiger partial charge in [-0.3, -0.25) is 4.79 Å². The van der Waals surface area contributed by atoms with Crippen LogP contribution in [-0.2, 0) is 16.6 Å². The first-order chi connectivity index (χ1) is 10.8. The standard InChI is InChI=1S/C18H24N2O3/c1-6-13-7-9-14(10-8-13)22-12(2)17(21)19-16-11-15(23-20-16)18(3,4)5/h7-12H,6H2,1-5H3,(H,19,20,21)/t12-/m0/s1. The van der Waals surface area contributed by atoms with Gasteiger partial charge < -0.3 is 14.6 Å². The smallest absolute Gasteiger partial charge is 0.266 e. The maximum atomic E-state index is 12.2. The summed E-state index contributed by atoms with van der Waals surface area (Å²) >= 11 is 0. The minimum atomic E-state index is -0.628. The molecule has 1 amide bonds. The van der Waals surface area contributed by atoms with Gasteiger partial charge >= 0.3 is 0 Å². The number of carbonyl (C=O) groups excluding carboxylic acids is 1. The molecule has 0 saturated heterocycles. The lowest BCUT2D eigenvalue weighted by Gasteiger charge is -2.14. The summed E-state index contributed by atoms with van der Waals surface area (Å²) in [5.74, 6) is 1.52. The van der Waals surface area contributed by atoms with Crippen molar-refractivity contribution in [3.8, 4) is 5.75 Å². The molecule has 5 nitrogen and oxygen atoms in total. The molecule has 2 rings (SSSR count). The van der Waals surface area contributed by atoms with Crippen molar-refractivity contribution in [3.05, 3.63) is 41.7 Å². The number of nitrogens with one attached hydrogen (secondary N) is 1. The van der Waals surface area contributed by atoms with Crippen molar-refractivity contribution in [2.24, 2.45) is 0 Å². The molecule has 0 aliphatic heterocycles. The molecule has 0 spiro atoms. The van der Waals surface area contributed by atoms with Crippen molar-refractivity contribution in [3.63, 3.8) is 0 Å². The summed E-state index contributed by atoms with van der Waals surface area (Å²) in [6.45, 7) is 9.85. The van der Waals surface area contributed by atoms with E-state index >= 15 is 0 Å². The maximum absolute atomic E-state index is 12.2. The van der Waals surface area contributed by atoms with Crippen LogP contribution in [0.15, 0.2) is 34.9 Å². The fraction of sp³-hybridized carbons (Fsp3) is 0.444. The lowest BCUT2D eigenvalue weighted by molar-refractivity contribution is -0.122. The Balaban J connectivity index is 1.95. The highest BCUT2D eigenvalue weighted by Crippen LogP contribution is 2.24. The molecule has 0 radical (unpaired) electrons. The lowest BCUT2D eigenvalue weighted by atomic mass is 9.93. The molecule has 0 fully saturated rings. The van der Waals surface area contributed by atoms with Crippen LogP contribution in [0.25, 0.3) is 0 Å². The van der Waals surface area contributed by atoms with Crippen LogP contribution in [0.4, 0.5) is 5.82 Å². The van der Waals surface area contributed by atoms with Crippen molar-refractivity contribution in [2.75, 3.05) is 5.32 Å². The Bertz CT molecular complexity index is 654. The molecule has 1 heterocycles. The largest absolute Gasteiger partial charge is 0.481 e. The molecule has 1 N–H and O–H groups in total. The Morgan fingerprint density at radius 2 is 1.96 bits per heavy atom. The lowest BCUT2D eigenvalue weighted by Crippen LogP contribution is -2.30. The van der Waals surface area contributed by atoms with E-state index < -0.39 is 6.10 Å². The number of aryl methyl sites for hydroxylation is 1. The maximum Gasteiger partial charge on any atom is 0.266 e. The van der Waals surface area contributed by atoms with Gasteiger partial charge in [0.1, 0.15) is 11.5 Å². The second-order valence-corrected chi connectivity index (χ2v) is 6.57. The van der Waals surface area contributed by atoms with E-state index in [1.165, 1.54) is 5.56 Å². The van der Waals surface area contributed by atoms with Crippen molar-refractivity contribution in [2.45, 2.75) is 52.6 Å². The molecule has 0 aliphatic rings. The summed E-state index contributed by atoms with van der Waals surface area (Å²) in [6, 6.07) is 9.47. The van der Waals surface area contributed by atoms with Gasteiger partial charge in [0.25, 0.3) is 5.91 Å². The molecule has 0 bridgehead atoms. The Hall–Kier alpha value is -2.30. The third-order valence-electron chi connectivity index (χ3n) is 3.51. The third kappa shape index (κ3) is 4.58. The van der Waals surface area contributed by atoms with Crippen molar-refractivity contribution in [1.82, 2.24) is 5.16 Å². The highest BCUT2D eigenvalue weighted by Gasteiger charge is 2.22. The number of nitrogens with zero attached hydrogens (tertiary/aromatic N) is 1. The van der Waals surface area contributed by atoms with Gasteiger partial charge in [0.2, 0.25) is 0 Å². The first-order valence-electron chi connectivity index (χ1n) is 7.83. The summed E-state index contributed by atoms with van der Waals surface area (Å²) < 4.78 is 10.9. The average Bonchev–Trinajstić information content (AvgIpc) is 2.96. The SMILES string of the molecule is CCc1ccc(O[C@@H](C)C(=O)Nc2cc(C(C)(C)C)on2)cc1. The molecule has 5 heteroatoms. The van der Waals surface area contributed by atoms with E-state index in [1.807, 2.05) is 45.0 Å². The molecule has 1 aromatic carbocycles. The number of ether oxygens (including phenoxy) is 1. The molecule has 23 heavy (non-hydrogen) atoms. The normalized spacial score (nSPS) is 12.7. The number of hydrogen-bond donors (Lipinski definition) is 1. The summed E-state index contributed by atoms with van der Waals surface area (Å²) in [4.78, 5) is 12.2. The molecule has 0 aliphatic carbocycles. The molecule has 1 atom stereocenters. The van der Waals surface area contributed by atoms with Gasteiger partial charge in [-0.25, -0.2) is 0 Å². The van der Waals surface area contributed by atoms with Gasteiger partial charge in [-0.15, -0.1) is 0 Å². The van der Waals surface area contributed by atoms with Gasteiger partial charge in [0, 0.05) is 11.5 Å². The summed E-state index contributed by atoms with van der Waals surface area (Å²) in [5, 5.41) is 6.58. The Morgan fingerprint density at radius 3 is 2.48 bits per heavy atom. The number of hydrogen-bond acceptors (Lipinski definition) is 4. The molecular weight excluding hydrogens is 292 g/mol. The predicted molar refractivity (Wildman–Crippen MR) is 89.7 cm³/mol. The molecule has 0 unspecified atom stereocenters. The van der Waals surface area contributed by atoms with Crippen LogP contribution in [0, 0.1) is 0 Å². The van der Waals surface area contributed by atoms with Crippen molar-refractivity contribution < 1.29 is 14.1 Å². The number of amides is 1. The Morgan fingerprint density at radius 1 is 1.30 bits per heavy atom. The molecule has 1 aromatic heterocycles. The van der Waals surface area contributed by atoms with Gasteiger partial charge in [0.05, 0.1) is 0 Å². The highest BCUT2D eigenvalue weighted by atomic mass is 16.5. The van der Waals surface area contributed by atoms with Crippen LogP contribution in [0.1, 0.15) is 45.9 Å². The third-order valence-corrected chi connectivity index (χ3v) is 3.51. The van der Waals surface area contributed by atoms with Gasteiger partial charge in [-0.1, -0.05) is 45.0 Å². The van der Waals surface area contributed by atoms with Crippen LogP contribution < -0.4 is 10.1 Å².